The molecule has 16 nitrogen and oxygen atoms in total. The summed E-state index contributed by atoms with van der Waals surface area (Å²) < 4.78 is 29.5. The molecule has 3 aromatic rings. The molecular weight excluding hydrogens is 503 g/mol. The summed E-state index contributed by atoms with van der Waals surface area (Å²) in [6.07, 6.45) is -4.16. The number of nitrogens with one attached hydrogen (secondary N) is 2. The van der Waals surface area contributed by atoms with E-state index in [2.05, 4.69) is 19.9 Å². The van der Waals surface area contributed by atoms with Crippen molar-refractivity contribution in [1.82, 2.24) is 24.5 Å². The van der Waals surface area contributed by atoms with Crippen LogP contribution in [0.2, 0.25) is 0 Å². The summed E-state index contributed by atoms with van der Waals surface area (Å²) in [6, 6.07) is 0. The zero-order valence-electron chi connectivity index (χ0n) is 18.9. The number of hydrogen-bond acceptors (Lipinski definition) is 12. The van der Waals surface area contributed by atoms with Gasteiger partial charge in [0.05, 0.1) is 18.5 Å². The van der Waals surface area contributed by atoms with Crippen LogP contribution < -0.4 is 21.4 Å². The standard InChI is InChI=1S/C19H23N6O10P/c1-7-9(3-4-26)22-16(29)8(2)14(7)35-36(31,32)33-5-10-12(27)13(28)18(34-10)25-6-21-11-15(25)23-19(20)24-17(11)30/h4,6,10,12-13,18,27-28H,3,5H2,1-2H3,(H,22,29)(H,31,32)(H3,20,23,24,30)/t10-,12-,13-,18-/m1/s1. The third-order valence-electron chi connectivity index (χ3n) is 5.70. The molecule has 5 atom stereocenters. The monoisotopic (exact) mass is 526 g/mol. The number of H-pyrrole nitrogens is 2. The molecule has 36 heavy (non-hydrogen) atoms. The number of carbonyl (C=O) groups excluding carboxylic acids is 1. The molecule has 4 rings (SSSR count). The van der Waals surface area contributed by atoms with E-state index in [1.165, 1.54) is 18.4 Å². The van der Waals surface area contributed by atoms with Crippen LogP contribution in [0.3, 0.4) is 0 Å². The van der Waals surface area contributed by atoms with Crippen LogP contribution in [0.15, 0.2) is 15.9 Å². The first kappa shape index (κ1) is 25.7. The zero-order chi connectivity index (χ0) is 26.4. The van der Waals surface area contributed by atoms with E-state index in [0.29, 0.717) is 6.29 Å². The Labute approximate surface area is 201 Å². The molecule has 0 amide bonds. The third kappa shape index (κ3) is 4.69. The molecule has 1 aliphatic rings. The average Bonchev–Trinajstić information content (AvgIpc) is 3.35. The summed E-state index contributed by atoms with van der Waals surface area (Å²) in [5.41, 5.74) is 4.68. The van der Waals surface area contributed by atoms with Gasteiger partial charge in [-0.05, 0) is 13.8 Å². The number of aliphatic hydroxyl groups excluding tert-OH is 2. The van der Waals surface area contributed by atoms with Gasteiger partial charge in [-0.15, -0.1) is 0 Å². The summed E-state index contributed by atoms with van der Waals surface area (Å²) in [4.78, 5) is 57.9. The number of nitrogens with two attached hydrogens (primary N) is 1. The number of aldehydes is 1. The second-order valence-electron chi connectivity index (χ2n) is 8.06. The largest absolute Gasteiger partial charge is 0.527 e. The Hall–Kier alpha value is -3.40. The van der Waals surface area contributed by atoms with Crippen LogP contribution >= 0.6 is 7.82 Å². The van der Waals surface area contributed by atoms with Gasteiger partial charge in [0.1, 0.15) is 30.3 Å². The number of aromatic nitrogens is 5. The predicted molar refractivity (Wildman–Crippen MR) is 121 cm³/mol. The SMILES string of the molecule is Cc1c(CC=O)[nH]c(=O)c(C)c1OP(=O)(O)OC[C@H]1O[C@@H](n2cnc3c(=O)[nH]c(N)nc32)[C@H](O)[C@@H]1O. The minimum absolute atomic E-state index is 0.0126. The number of imidazole rings is 1. The normalized spacial score (nSPS) is 23.6. The molecule has 1 aliphatic heterocycles. The van der Waals surface area contributed by atoms with E-state index >= 15 is 0 Å². The number of anilines is 1. The van der Waals surface area contributed by atoms with Gasteiger partial charge in [0.15, 0.2) is 17.4 Å². The van der Waals surface area contributed by atoms with Gasteiger partial charge in [0.2, 0.25) is 5.95 Å². The van der Waals surface area contributed by atoms with E-state index in [1.54, 1.807) is 0 Å². The molecule has 0 saturated carbocycles. The van der Waals surface area contributed by atoms with Gasteiger partial charge in [-0.1, -0.05) is 0 Å². The Morgan fingerprint density at radius 1 is 1.22 bits per heavy atom. The molecule has 1 saturated heterocycles. The summed E-state index contributed by atoms with van der Waals surface area (Å²) in [6.45, 7) is 2.15. The van der Waals surface area contributed by atoms with Crippen LogP contribution in [0.4, 0.5) is 5.95 Å². The molecule has 4 heterocycles. The molecule has 0 aromatic carbocycles. The van der Waals surface area contributed by atoms with Crippen molar-refractivity contribution in [1.29, 1.82) is 0 Å². The van der Waals surface area contributed by atoms with Crippen LogP contribution in [0, 0.1) is 13.8 Å². The van der Waals surface area contributed by atoms with Crippen molar-refractivity contribution in [3.8, 4) is 5.75 Å². The van der Waals surface area contributed by atoms with Crippen LogP contribution in [-0.4, -0.2) is 70.8 Å². The number of fused-ring (bicyclic) bond motifs is 1. The Balaban J connectivity index is 1.51. The highest BCUT2D eigenvalue weighted by molar-refractivity contribution is 7.47. The fourth-order valence-electron chi connectivity index (χ4n) is 3.81. The minimum atomic E-state index is -4.87. The van der Waals surface area contributed by atoms with E-state index in [9.17, 15) is 34.1 Å². The van der Waals surface area contributed by atoms with E-state index in [4.69, 9.17) is 19.5 Å². The fourth-order valence-corrected chi connectivity index (χ4v) is 4.70. The molecule has 1 unspecified atom stereocenters. The highest BCUT2D eigenvalue weighted by Gasteiger charge is 2.45. The molecule has 0 radical (unpaired) electrons. The summed E-state index contributed by atoms with van der Waals surface area (Å²) in [5, 5.41) is 20.9. The summed E-state index contributed by atoms with van der Waals surface area (Å²) >= 11 is 0. The van der Waals surface area contributed by atoms with Crippen molar-refractivity contribution in [2.24, 2.45) is 0 Å². The maximum Gasteiger partial charge on any atom is 0.527 e. The Kier molecular flexibility index (Phi) is 6.83. The number of pyridine rings is 1. The molecule has 1 fully saturated rings. The number of ether oxygens (including phenoxy) is 1. The van der Waals surface area contributed by atoms with Crippen molar-refractivity contribution in [2.45, 2.75) is 44.8 Å². The average molecular weight is 526 g/mol. The molecule has 0 bridgehead atoms. The molecule has 0 spiro atoms. The number of carbonyl (C=O) groups is 1. The number of phosphoric acid groups is 1. The molecule has 194 valence electrons. The second-order valence-corrected chi connectivity index (χ2v) is 9.44. The summed E-state index contributed by atoms with van der Waals surface area (Å²) in [5.74, 6) is -0.437. The minimum Gasteiger partial charge on any atom is -0.403 e. The van der Waals surface area contributed by atoms with Crippen molar-refractivity contribution in [3.63, 3.8) is 0 Å². The van der Waals surface area contributed by atoms with E-state index < -0.39 is 50.1 Å². The lowest BCUT2D eigenvalue weighted by molar-refractivity contribution is -0.107. The lowest BCUT2D eigenvalue weighted by Crippen LogP contribution is -2.33. The van der Waals surface area contributed by atoms with Crippen LogP contribution in [0.1, 0.15) is 23.0 Å². The van der Waals surface area contributed by atoms with Gasteiger partial charge in [0, 0.05) is 17.7 Å². The van der Waals surface area contributed by atoms with E-state index in [1.807, 2.05) is 0 Å². The topological polar surface area (TPSA) is 245 Å². The number of nitrogens with zero attached hydrogens (tertiary/aromatic N) is 3. The molecule has 17 heteroatoms. The van der Waals surface area contributed by atoms with Gasteiger partial charge >= 0.3 is 7.82 Å². The van der Waals surface area contributed by atoms with Gasteiger partial charge in [-0.2, -0.15) is 4.98 Å². The predicted octanol–water partition coefficient (Wildman–Crippen LogP) is -1.44. The third-order valence-corrected chi connectivity index (χ3v) is 6.59. The first-order chi connectivity index (χ1) is 16.9. The van der Waals surface area contributed by atoms with Gasteiger partial charge in [-0.3, -0.25) is 28.6 Å². The first-order valence-electron chi connectivity index (χ1n) is 10.5. The highest BCUT2D eigenvalue weighted by Crippen LogP contribution is 2.46. The molecule has 0 aliphatic carbocycles. The van der Waals surface area contributed by atoms with E-state index in [0.717, 1.165) is 6.33 Å². The zero-order valence-corrected chi connectivity index (χ0v) is 19.8. The van der Waals surface area contributed by atoms with Crippen LogP contribution in [0.25, 0.3) is 11.2 Å². The maximum atomic E-state index is 12.6. The fraction of sp³-hybridized carbons (Fsp3) is 0.421. The first-order valence-corrected chi connectivity index (χ1v) is 12.0. The number of hydrogen-bond donors (Lipinski definition) is 6. The van der Waals surface area contributed by atoms with Gasteiger partial charge in [0.25, 0.3) is 11.1 Å². The van der Waals surface area contributed by atoms with Gasteiger partial charge < -0.3 is 35.0 Å². The summed E-state index contributed by atoms with van der Waals surface area (Å²) in [7, 11) is -4.87. The molecule has 3 aromatic heterocycles. The molecule has 7 N–H and O–H groups in total. The van der Waals surface area contributed by atoms with E-state index in [-0.39, 0.29) is 46.1 Å². The van der Waals surface area contributed by atoms with Crippen molar-refractivity contribution in [2.75, 3.05) is 12.3 Å². The number of aromatic amines is 2. The number of phosphoric ester groups is 1. The number of rotatable bonds is 8. The maximum absolute atomic E-state index is 12.6. The van der Waals surface area contributed by atoms with Crippen molar-refractivity contribution < 1.29 is 38.3 Å². The quantitative estimate of drug-likeness (QED) is 0.146. The lowest BCUT2D eigenvalue weighted by Gasteiger charge is -2.20. The van der Waals surface area contributed by atoms with Crippen molar-refractivity contribution in [3.05, 3.63) is 43.9 Å². The Bertz CT molecular complexity index is 1480. The smallest absolute Gasteiger partial charge is 0.403 e. The Morgan fingerprint density at radius 3 is 2.64 bits per heavy atom. The number of aliphatic hydroxyl groups is 2. The Morgan fingerprint density at radius 2 is 1.94 bits per heavy atom. The lowest BCUT2D eigenvalue weighted by atomic mass is 10.1. The van der Waals surface area contributed by atoms with Gasteiger partial charge in [-0.25, -0.2) is 9.55 Å². The second kappa shape index (κ2) is 9.57. The number of nitrogen functional groups attached to an aromatic ring is 1. The van der Waals surface area contributed by atoms with Crippen LogP contribution in [-0.2, 0) is 25.0 Å². The van der Waals surface area contributed by atoms with Crippen molar-refractivity contribution >= 4 is 31.2 Å². The van der Waals surface area contributed by atoms with Crippen LogP contribution in [0.5, 0.6) is 5.75 Å². The highest BCUT2D eigenvalue weighted by atomic mass is 31.2. The molecular formula is C19H23N6O10P.